The molecule has 16 heavy (non-hydrogen) atoms. The average molecular weight is 229 g/mol. The Kier molecular flexibility index (Phi) is 4.12. The quantitative estimate of drug-likeness (QED) is 0.703. The Balaban J connectivity index is 2.43. The number of nitrogens with one attached hydrogen (secondary N) is 1. The van der Waals surface area contributed by atoms with E-state index in [4.69, 9.17) is 5.11 Å². The Bertz CT molecular complexity index is 282. The number of carbonyl (C=O) groups excluding carboxylic acids is 1. The van der Waals surface area contributed by atoms with Crippen LogP contribution in [0.5, 0.6) is 0 Å². The summed E-state index contributed by atoms with van der Waals surface area (Å²) in [6.07, 6.45) is 0.914. The predicted molar refractivity (Wildman–Crippen MR) is 59.3 cm³/mol. The molecule has 1 fully saturated rings. The van der Waals surface area contributed by atoms with Crippen LogP contribution in [0.15, 0.2) is 0 Å². The van der Waals surface area contributed by atoms with Gasteiger partial charge in [-0.15, -0.1) is 0 Å². The van der Waals surface area contributed by atoms with Crippen molar-refractivity contribution < 1.29 is 14.7 Å². The summed E-state index contributed by atoms with van der Waals surface area (Å²) in [4.78, 5) is 25.7. The smallest absolute Gasteiger partial charge is 0.326 e. The number of likely N-dealkylation sites (tertiary alicyclic amines) is 1. The van der Waals surface area contributed by atoms with Crippen molar-refractivity contribution >= 4 is 12.0 Å². The first-order valence-electron chi connectivity index (χ1n) is 5.36. The number of amides is 2. The van der Waals surface area contributed by atoms with Crippen LogP contribution in [-0.2, 0) is 4.79 Å². The van der Waals surface area contributed by atoms with E-state index in [0.29, 0.717) is 0 Å². The lowest BCUT2D eigenvalue weighted by Gasteiger charge is -2.24. The van der Waals surface area contributed by atoms with Crippen molar-refractivity contribution in [1.29, 1.82) is 0 Å². The molecular weight excluding hydrogens is 210 g/mol. The fourth-order valence-corrected chi connectivity index (χ4v) is 1.67. The van der Waals surface area contributed by atoms with Gasteiger partial charge in [0.25, 0.3) is 0 Å². The molecule has 1 heterocycles. The van der Waals surface area contributed by atoms with Gasteiger partial charge in [0.05, 0.1) is 0 Å². The predicted octanol–water partition coefficient (Wildman–Crippen LogP) is -0.195. The van der Waals surface area contributed by atoms with Crippen LogP contribution in [0.4, 0.5) is 4.79 Å². The summed E-state index contributed by atoms with van der Waals surface area (Å²) in [7, 11) is 3.49. The maximum atomic E-state index is 11.7. The summed E-state index contributed by atoms with van der Waals surface area (Å²) in [6, 6.07) is -1.00. The monoisotopic (exact) mass is 229 g/mol. The molecule has 0 radical (unpaired) electrons. The van der Waals surface area contributed by atoms with E-state index in [9.17, 15) is 9.59 Å². The first-order chi connectivity index (χ1) is 7.41. The molecule has 2 atom stereocenters. The minimum absolute atomic E-state index is 0.126. The molecule has 92 valence electrons. The molecule has 0 aromatic carbocycles. The number of carboxylic acid groups (broad SMARTS) is 1. The van der Waals surface area contributed by atoms with Crippen LogP contribution in [-0.4, -0.2) is 66.2 Å². The SMILES string of the molecule is CC(C(=O)O)N(C)C(=O)NC1CCN(C)C1. The molecule has 1 aliphatic rings. The number of likely N-dealkylation sites (N-methyl/N-ethyl adjacent to an activating group) is 2. The van der Waals surface area contributed by atoms with Gasteiger partial charge in [0.2, 0.25) is 0 Å². The largest absolute Gasteiger partial charge is 0.480 e. The summed E-state index contributed by atoms with van der Waals surface area (Å²) in [5, 5.41) is 11.6. The Labute approximate surface area is 95.2 Å². The van der Waals surface area contributed by atoms with E-state index in [1.54, 1.807) is 0 Å². The standard InChI is InChI=1S/C10H19N3O3/c1-7(9(14)15)13(3)10(16)11-8-4-5-12(2)6-8/h7-8H,4-6H2,1-3H3,(H,11,16)(H,14,15). The van der Waals surface area contributed by atoms with Crippen LogP contribution in [0.3, 0.4) is 0 Å². The second-order valence-electron chi connectivity index (χ2n) is 4.32. The van der Waals surface area contributed by atoms with Crippen molar-refractivity contribution in [3.63, 3.8) is 0 Å². The Morgan fingerprint density at radius 2 is 2.19 bits per heavy atom. The summed E-state index contributed by atoms with van der Waals surface area (Å²) >= 11 is 0. The molecule has 0 bridgehead atoms. The molecule has 6 heteroatoms. The average Bonchev–Trinajstić information content (AvgIpc) is 2.61. The topological polar surface area (TPSA) is 72.9 Å². The third kappa shape index (κ3) is 3.10. The van der Waals surface area contributed by atoms with E-state index >= 15 is 0 Å². The number of carboxylic acids is 1. The van der Waals surface area contributed by atoms with Crippen LogP contribution in [0.2, 0.25) is 0 Å². The molecule has 1 saturated heterocycles. The van der Waals surface area contributed by atoms with E-state index in [2.05, 4.69) is 10.2 Å². The van der Waals surface area contributed by atoms with Crippen LogP contribution in [0, 0.1) is 0 Å². The maximum absolute atomic E-state index is 11.7. The van der Waals surface area contributed by atoms with Gasteiger partial charge in [-0.2, -0.15) is 0 Å². The first kappa shape index (κ1) is 12.8. The summed E-state index contributed by atoms with van der Waals surface area (Å²) in [5.41, 5.74) is 0. The zero-order valence-electron chi connectivity index (χ0n) is 9.93. The summed E-state index contributed by atoms with van der Waals surface area (Å²) in [5.74, 6) is -0.999. The molecule has 2 unspecified atom stereocenters. The zero-order valence-corrected chi connectivity index (χ0v) is 9.93. The zero-order chi connectivity index (χ0) is 12.3. The Morgan fingerprint density at radius 3 is 2.62 bits per heavy atom. The lowest BCUT2D eigenvalue weighted by Crippen LogP contribution is -2.49. The van der Waals surface area contributed by atoms with Gasteiger partial charge in [-0.1, -0.05) is 0 Å². The highest BCUT2D eigenvalue weighted by atomic mass is 16.4. The molecule has 1 aliphatic heterocycles. The molecule has 6 nitrogen and oxygen atoms in total. The van der Waals surface area contributed by atoms with E-state index in [1.165, 1.54) is 18.9 Å². The van der Waals surface area contributed by atoms with Crippen molar-refractivity contribution in [2.75, 3.05) is 27.2 Å². The lowest BCUT2D eigenvalue weighted by molar-refractivity contribution is -0.141. The fourth-order valence-electron chi connectivity index (χ4n) is 1.67. The maximum Gasteiger partial charge on any atom is 0.326 e. The molecule has 2 N–H and O–H groups in total. The number of hydrogen-bond donors (Lipinski definition) is 2. The second-order valence-corrected chi connectivity index (χ2v) is 4.32. The van der Waals surface area contributed by atoms with E-state index in [-0.39, 0.29) is 12.1 Å². The van der Waals surface area contributed by atoms with Gasteiger partial charge < -0.3 is 20.2 Å². The highest BCUT2D eigenvalue weighted by Gasteiger charge is 2.26. The normalized spacial score (nSPS) is 22.8. The third-order valence-electron chi connectivity index (χ3n) is 2.98. The highest BCUT2D eigenvalue weighted by Crippen LogP contribution is 2.07. The third-order valence-corrected chi connectivity index (χ3v) is 2.98. The van der Waals surface area contributed by atoms with Crippen molar-refractivity contribution in [2.24, 2.45) is 0 Å². The highest BCUT2D eigenvalue weighted by molar-refractivity contribution is 5.82. The molecule has 0 aromatic heterocycles. The van der Waals surface area contributed by atoms with Gasteiger partial charge in [0.15, 0.2) is 0 Å². The van der Waals surface area contributed by atoms with E-state index < -0.39 is 12.0 Å². The number of carbonyl (C=O) groups is 2. The van der Waals surface area contributed by atoms with Gasteiger partial charge in [-0.3, -0.25) is 0 Å². The van der Waals surface area contributed by atoms with Crippen LogP contribution in [0.25, 0.3) is 0 Å². The first-order valence-corrected chi connectivity index (χ1v) is 5.36. The number of rotatable bonds is 3. The molecule has 0 saturated carbocycles. The molecule has 0 aliphatic carbocycles. The fraction of sp³-hybridized carbons (Fsp3) is 0.800. The van der Waals surface area contributed by atoms with Crippen molar-refractivity contribution in [1.82, 2.24) is 15.1 Å². The molecule has 1 rings (SSSR count). The molecule has 0 aromatic rings. The summed E-state index contributed by atoms with van der Waals surface area (Å²) in [6.45, 7) is 3.27. The van der Waals surface area contributed by atoms with Crippen molar-refractivity contribution in [2.45, 2.75) is 25.4 Å². The van der Waals surface area contributed by atoms with Crippen molar-refractivity contribution in [3.8, 4) is 0 Å². The van der Waals surface area contributed by atoms with Crippen LogP contribution in [0.1, 0.15) is 13.3 Å². The second kappa shape index (κ2) is 5.16. The van der Waals surface area contributed by atoms with Gasteiger partial charge in [-0.05, 0) is 26.9 Å². The number of hydrogen-bond acceptors (Lipinski definition) is 3. The minimum atomic E-state index is -0.999. The van der Waals surface area contributed by atoms with Crippen LogP contribution >= 0.6 is 0 Å². The van der Waals surface area contributed by atoms with Gasteiger partial charge in [-0.25, -0.2) is 9.59 Å². The summed E-state index contributed by atoms with van der Waals surface area (Å²) < 4.78 is 0. The van der Waals surface area contributed by atoms with Gasteiger partial charge in [0, 0.05) is 19.6 Å². The number of urea groups is 1. The van der Waals surface area contributed by atoms with E-state index in [1.807, 2.05) is 7.05 Å². The van der Waals surface area contributed by atoms with Gasteiger partial charge in [0.1, 0.15) is 6.04 Å². The van der Waals surface area contributed by atoms with Crippen LogP contribution < -0.4 is 5.32 Å². The Morgan fingerprint density at radius 1 is 1.56 bits per heavy atom. The minimum Gasteiger partial charge on any atom is -0.480 e. The van der Waals surface area contributed by atoms with E-state index in [0.717, 1.165) is 19.5 Å². The number of nitrogens with zero attached hydrogens (tertiary/aromatic N) is 2. The van der Waals surface area contributed by atoms with Crippen molar-refractivity contribution in [3.05, 3.63) is 0 Å². The Hall–Kier alpha value is -1.30. The number of aliphatic carboxylic acids is 1. The molecule has 2 amide bonds. The van der Waals surface area contributed by atoms with Gasteiger partial charge >= 0.3 is 12.0 Å². The molecular formula is C10H19N3O3. The molecule has 0 spiro atoms. The lowest BCUT2D eigenvalue weighted by atomic mass is 10.2.